The van der Waals surface area contributed by atoms with Crippen LogP contribution in [0.15, 0.2) is 18.2 Å². The summed E-state index contributed by atoms with van der Waals surface area (Å²) in [6, 6.07) is 5.79. The van der Waals surface area contributed by atoms with Gasteiger partial charge in [0.05, 0.1) is 11.2 Å². The predicted octanol–water partition coefficient (Wildman–Crippen LogP) is 2.82. The van der Waals surface area contributed by atoms with Gasteiger partial charge in [-0.15, -0.1) is 0 Å². The van der Waals surface area contributed by atoms with Crippen molar-refractivity contribution >= 4 is 18.5 Å². The molecule has 1 aromatic rings. The Labute approximate surface area is 145 Å². The lowest BCUT2D eigenvalue weighted by Gasteiger charge is -2.32. The van der Waals surface area contributed by atoms with Crippen LogP contribution in [0.25, 0.3) is 0 Å². The zero-order chi connectivity index (χ0) is 17.5. The van der Waals surface area contributed by atoms with Gasteiger partial charge >= 0.3 is 7.12 Å². The Morgan fingerprint density at radius 2 is 1.83 bits per heavy atom. The van der Waals surface area contributed by atoms with E-state index < -0.39 is 18.3 Å². The SMILES string of the molecule is Cc1cccc(C(=O)NCC2CCC2)c1B1OC(C)(C)C(C)(C)O1. The molecule has 0 unspecified atom stereocenters. The van der Waals surface area contributed by atoms with E-state index in [4.69, 9.17) is 9.31 Å². The van der Waals surface area contributed by atoms with Crippen LogP contribution < -0.4 is 10.8 Å². The van der Waals surface area contributed by atoms with E-state index in [0.29, 0.717) is 11.5 Å². The smallest absolute Gasteiger partial charge is 0.399 e. The van der Waals surface area contributed by atoms with Crippen molar-refractivity contribution in [3.63, 3.8) is 0 Å². The van der Waals surface area contributed by atoms with E-state index in [1.165, 1.54) is 19.3 Å². The maximum Gasteiger partial charge on any atom is 0.495 e. The molecular weight excluding hydrogens is 301 g/mol. The fourth-order valence-electron chi connectivity index (χ4n) is 3.18. The molecule has 2 aliphatic rings. The highest BCUT2D eigenvalue weighted by Gasteiger charge is 2.52. The number of rotatable bonds is 4. The van der Waals surface area contributed by atoms with E-state index in [1.54, 1.807) is 0 Å². The maximum atomic E-state index is 12.7. The van der Waals surface area contributed by atoms with Crippen molar-refractivity contribution in [3.8, 4) is 0 Å². The highest BCUT2D eigenvalue weighted by atomic mass is 16.7. The average Bonchev–Trinajstić information content (AvgIpc) is 2.64. The van der Waals surface area contributed by atoms with Gasteiger partial charge < -0.3 is 14.6 Å². The van der Waals surface area contributed by atoms with Crippen molar-refractivity contribution in [3.05, 3.63) is 29.3 Å². The van der Waals surface area contributed by atoms with Crippen molar-refractivity contribution in [1.82, 2.24) is 5.32 Å². The molecule has 1 heterocycles. The monoisotopic (exact) mass is 329 g/mol. The molecule has 0 spiro atoms. The second kappa shape index (κ2) is 6.19. The van der Waals surface area contributed by atoms with Crippen molar-refractivity contribution in [2.75, 3.05) is 6.54 Å². The van der Waals surface area contributed by atoms with E-state index in [-0.39, 0.29) is 5.91 Å². The third-order valence-electron chi connectivity index (χ3n) is 5.83. The molecule has 2 fully saturated rings. The molecule has 1 aliphatic carbocycles. The van der Waals surface area contributed by atoms with Gasteiger partial charge in [-0.25, -0.2) is 0 Å². The molecular formula is C19H28BNO3. The summed E-state index contributed by atoms with van der Waals surface area (Å²) >= 11 is 0. The average molecular weight is 329 g/mol. The number of carbonyl (C=O) groups is 1. The minimum atomic E-state index is -0.513. The Morgan fingerprint density at radius 3 is 2.38 bits per heavy atom. The lowest BCUT2D eigenvalue weighted by molar-refractivity contribution is 0.00578. The van der Waals surface area contributed by atoms with Crippen LogP contribution in [0.4, 0.5) is 0 Å². The fraction of sp³-hybridized carbons (Fsp3) is 0.632. The van der Waals surface area contributed by atoms with Gasteiger partial charge in [0.1, 0.15) is 0 Å². The Morgan fingerprint density at radius 1 is 1.21 bits per heavy atom. The quantitative estimate of drug-likeness (QED) is 0.864. The normalized spacial score (nSPS) is 22.3. The molecule has 1 saturated heterocycles. The van der Waals surface area contributed by atoms with E-state index in [9.17, 15) is 4.79 Å². The van der Waals surface area contributed by atoms with Crippen LogP contribution in [0.1, 0.15) is 62.9 Å². The first-order chi connectivity index (χ1) is 11.2. The van der Waals surface area contributed by atoms with Crippen molar-refractivity contribution in [2.45, 2.75) is 65.1 Å². The Bertz CT molecular complexity index is 621. The van der Waals surface area contributed by atoms with Gasteiger partial charge in [0.2, 0.25) is 0 Å². The first-order valence-corrected chi connectivity index (χ1v) is 8.94. The van der Waals surface area contributed by atoms with Crippen LogP contribution in [0.3, 0.4) is 0 Å². The number of hydrogen-bond acceptors (Lipinski definition) is 3. The summed E-state index contributed by atoms with van der Waals surface area (Å²) < 4.78 is 12.4. The summed E-state index contributed by atoms with van der Waals surface area (Å²) in [5.41, 5.74) is 1.69. The van der Waals surface area contributed by atoms with E-state index >= 15 is 0 Å². The van der Waals surface area contributed by atoms with Gasteiger partial charge in [-0.05, 0) is 64.9 Å². The van der Waals surface area contributed by atoms with Crippen LogP contribution in [0, 0.1) is 12.8 Å². The molecule has 24 heavy (non-hydrogen) atoms. The lowest BCUT2D eigenvalue weighted by atomic mass is 9.73. The molecule has 0 aromatic heterocycles. The van der Waals surface area contributed by atoms with Gasteiger partial charge in [-0.3, -0.25) is 4.79 Å². The van der Waals surface area contributed by atoms with Crippen LogP contribution in [0.2, 0.25) is 0 Å². The highest BCUT2D eigenvalue weighted by molar-refractivity contribution is 6.64. The standard InChI is InChI=1S/C19H28BNO3/c1-13-8-6-11-15(17(22)21-12-14-9-7-10-14)16(13)20-23-18(2,3)19(4,5)24-20/h6,8,11,14H,7,9-10,12H2,1-5H3,(H,21,22). The minimum absolute atomic E-state index is 0.0321. The van der Waals surface area contributed by atoms with E-state index in [1.807, 2.05) is 52.8 Å². The molecule has 1 amide bonds. The number of benzene rings is 1. The maximum absolute atomic E-state index is 12.7. The Kier molecular flexibility index (Phi) is 4.52. The van der Waals surface area contributed by atoms with Crippen molar-refractivity contribution in [2.24, 2.45) is 5.92 Å². The third-order valence-corrected chi connectivity index (χ3v) is 5.83. The number of hydrogen-bond donors (Lipinski definition) is 1. The molecule has 3 rings (SSSR count). The molecule has 1 aromatic carbocycles. The number of carbonyl (C=O) groups excluding carboxylic acids is 1. The summed E-state index contributed by atoms with van der Waals surface area (Å²) in [6.45, 7) is 10.9. The van der Waals surface area contributed by atoms with Gasteiger partial charge in [0, 0.05) is 12.1 Å². The predicted molar refractivity (Wildman–Crippen MR) is 96.6 cm³/mol. The van der Waals surface area contributed by atoms with Crippen LogP contribution in [-0.4, -0.2) is 30.8 Å². The first-order valence-electron chi connectivity index (χ1n) is 8.94. The van der Waals surface area contributed by atoms with Gasteiger partial charge in [0.15, 0.2) is 0 Å². The second-order valence-corrected chi connectivity index (χ2v) is 8.13. The van der Waals surface area contributed by atoms with Crippen LogP contribution in [-0.2, 0) is 9.31 Å². The first kappa shape index (κ1) is 17.5. The molecule has 0 bridgehead atoms. The summed E-state index contributed by atoms with van der Waals surface area (Å²) in [5, 5.41) is 3.08. The van der Waals surface area contributed by atoms with E-state index in [0.717, 1.165) is 17.6 Å². The van der Waals surface area contributed by atoms with Crippen LogP contribution in [0.5, 0.6) is 0 Å². The number of aryl methyl sites for hydroxylation is 1. The molecule has 1 N–H and O–H groups in total. The highest BCUT2D eigenvalue weighted by Crippen LogP contribution is 2.37. The van der Waals surface area contributed by atoms with E-state index in [2.05, 4.69) is 5.32 Å². The Balaban J connectivity index is 1.84. The minimum Gasteiger partial charge on any atom is -0.399 e. The van der Waals surface area contributed by atoms with Gasteiger partial charge in [0.25, 0.3) is 5.91 Å². The second-order valence-electron chi connectivity index (χ2n) is 8.13. The Hall–Kier alpha value is -1.33. The summed E-state index contributed by atoms with van der Waals surface area (Å²) in [6.07, 6.45) is 3.72. The summed E-state index contributed by atoms with van der Waals surface area (Å²) in [4.78, 5) is 12.7. The largest absolute Gasteiger partial charge is 0.495 e. The summed E-state index contributed by atoms with van der Waals surface area (Å²) in [5.74, 6) is 0.606. The molecule has 4 nitrogen and oxygen atoms in total. The third kappa shape index (κ3) is 3.12. The molecule has 130 valence electrons. The molecule has 1 aliphatic heterocycles. The van der Waals surface area contributed by atoms with Crippen molar-refractivity contribution < 1.29 is 14.1 Å². The van der Waals surface area contributed by atoms with Gasteiger partial charge in [-0.2, -0.15) is 0 Å². The zero-order valence-electron chi connectivity index (χ0n) is 15.4. The molecule has 0 radical (unpaired) electrons. The number of nitrogens with one attached hydrogen (secondary N) is 1. The lowest BCUT2D eigenvalue weighted by Crippen LogP contribution is -2.43. The topological polar surface area (TPSA) is 47.6 Å². The van der Waals surface area contributed by atoms with Crippen molar-refractivity contribution in [1.29, 1.82) is 0 Å². The fourth-order valence-corrected chi connectivity index (χ4v) is 3.18. The molecule has 5 heteroatoms. The van der Waals surface area contributed by atoms with Crippen LogP contribution >= 0.6 is 0 Å². The molecule has 0 atom stereocenters. The van der Waals surface area contributed by atoms with Gasteiger partial charge in [-0.1, -0.05) is 24.1 Å². The zero-order valence-corrected chi connectivity index (χ0v) is 15.4. The summed E-state index contributed by atoms with van der Waals surface area (Å²) in [7, 11) is -0.513. The molecule has 1 saturated carbocycles. The number of amides is 1.